The minimum absolute atomic E-state index is 0.0947. The van der Waals surface area contributed by atoms with Crippen LogP contribution in [-0.2, 0) is 0 Å². The number of aromatic nitrogens is 2. The molecule has 2 amide bonds. The Balaban J connectivity index is 1.98. The number of rotatable bonds is 5. The lowest BCUT2D eigenvalue weighted by molar-refractivity contribution is 0.222. The maximum absolute atomic E-state index is 11.7. The first-order chi connectivity index (χ1) is 10.2. The lowest BCUT2D eigenvalue weighted by atomic mass is 10.1. The Labute approximate surface area is 123 Å². The van der Waals surface area contributed by atoms with Crippen LogP contribution in [0.15, 0.2) is 42.5 Å². The van der Waals surface area contributed by atoms with Gasteiger partial charge in [-0.1, -0.05) is 37.3 Å². The van der Waals surface area contributed by atoms with E-state index in [0.717, 1.165) is 11.3 Å². The third kappa shape index (κ3) is 4.25. The summed E-state index contributed by atoms with van der Waals surface area (Å²) >= 11 is 0. The second-order valence-corrected chi connectivity index (χ2v) is 4.56. The van der Waals surface area contributed by atoms with Crippen molar-refractivity contribution in [3.8, 4) is 11.3 Å². The molecule has 0 spiro atoms. The Morgan fingerprint density at radius 2 is 1.95 bits per heavy atom. The number of carbonyl (C=O) groups is 1. The summed E-state index contributed by atoms with van der Waals surface area (Å²) in [7, 11) is 0. The third-order valence-corrected chi connectivity index (χ3v) is 3.02. The molecule has 6 heteroatoms. The summed E-state index contributed by atoms with van der Waals surface area (Å²) in [5.74, 6) is 0.361. The van der Waals surface area contributed by atoms with E-state index in [-0.39, 0.29) is 12.6 Å². The number of hydrogen-bond acceptors (Lipinski definition) is 4. The van der Waals surface area contributed by atoms with E-state index in [0.29, 0.717) is 12.2 Å². The number of amides is 2. The number of nitrogens with zero attached hydrogens (tertiary/aromatic N) is 2. The van der Waals surface area contributed by atoms with Gasteiger partial charge in [-0.25, -0.2) is 4.79 Å². The Morgan fingerprint density at radius 3 is 2.52 bits per heavy atom. The molecule has 0 fully saturated rings. The fourth-order valence-corrected chi connectivity index (χ4v) is 1.78. The Morgan fingerprint density at radius 1 is 1.19 bits per heavy atom. The molecule has 0 aliphatic carbocycles. The summed E-state index contributed by atoms with van der Waals surface area (Å²) in [5.41, 5.74) is 1.70. The van der Waals surface area contributed by atoms with Gasteiger partial charge in [-0.05, 0) is 18.6 Å². The van der Waals surface area contributed by atoms with Crippen molar-refractivity contribution in [1.82, 2.24) is 15.5 Å². The zero-order valence-corrected chi connectivity index (χ0v) is 11.8. The minimum atomic E-state index is -0.405. The van der Waals surface area contributed by atoms with Gasteiger partial charge in [0.25, 0.3) is 0 Å². The number of urea groups is 1. The highest BCUT2D eigenvalue weighted by molar-refractivity contribution is 5.88. The summed E-state index contributed by atoms with van der Waals surface area (Å²) in [4.78, 5) is 11.7. The van der Waals surface area contributed by atoms with E-state index in [1.165, 1.54) is 0 Å². The normalized spacial score (nSPS) is 11.7. The molecule has 1 atom stereocenters. The van der Waals surface area contributed by atoms with Gasteiger partial charge in [0.1, 0.15) is 0 Å². The number of carbonyl (C=O) groups excluding carboxylic acids is 1. The van der Waals surface area contributed by atoms with Crippen LogP contribution in [0.3, 0.4) is 0 Å². The van der Waals surface area contributed by atoms with Crippen molar-refractivity contribution in [2.45, 2.75) is 19.4 Å². The van der Waals surface area contributed by atoms with E-state index in [2.05, 4.69) is 20.8 Å². The summed E-state index contributed by atoms with van der Waals surface area (Å²) in [5, 5.41) is 22.3. The lowest BCUT2D eigenvalue weighted by Crippen LogP contribution is -2.39. The maximum Gasteiger partial charge on any atom is 0.320 e. The van der Waals surface area contributed by atoms with Crippen molar-refractivity contribution in [3.05, 3.63) is 42.5 Å². The molecule has 2 aromatic rings. The third-order valence-electron chi connectivity index (χ3n) is 3.02. The molecular weight excluding hydrogens is 268 g/mol. The fraction of sp³-hybridized carbons (Fsp3) is 0.267. The van der Waals surface area contributed by atoms with Crippen LogP contribution in [0.25, 0.3) is 11.3 Å². The SMILES string of the molecule is CCC(CO)NC(=O)Nc1ccc(-c2ccccc2)nn1. The molecule has 1 aromatic carbocycles. The molecule has 110 valence electrons. The van der Waals surface area contributed by atoms with Gasteiger partial charge in [0.15, 0.2) is 5.82 Å². The molecular formula is C15H18N4O2. The second-order valence-electron chi connectivity index (χ2n) is 4.56. The molecule has 1 aromatic heterocycles. The van der Waals surface area contributed by atoms with Crippen molar-refractivity contribution in [3.63, 3.8) is 0 Å². The molecule has 0 saturated heterocycles. The molecule has 0 bridgehead atoms. The van der Waals surface area contributed by atoms with Gasteiger partial charge in [-0.15, -0.1) is 10.2 Å². The number of aliphatic hydroxyl groups excluding tert-OH is 1. The van der Waals surface area contributed by atoms with Gasteiger partial charge in [0.2, 0.25) is 0 Å². The first-order valence-corrected chi connectivity index (χ1v) is 6.80. The van der Waals surface area contributed by atoms with Gasteiger partial charge in [-0.2, -0.15) is 0 Å². The van der Waals surface area contributed by atoms with Gasteiger partial charge < -0.3 is 10.4 Å². The van der Waals surface area contributed by atoms with Crippen LogP contribution in [0, 0.1) is 0 Å². The Kier molecular flexibility index (Phi) is 5.22. The van der Waals surface area contributed by atoms with E-state index >= 15 is 0 Å². The van der Waals surface area contributed by atoms with Crippen LogP contribution in [0.1, 0.15) is 13.3 Å². The Hall–Kier alpha value is -2.47. The standard InChI is InChI=1S/C15H18N4O2/c1-2-12(10-20)16-15(21)17-14-9-8-13(18-19-14)11-6-4-3-5-7-11/h3-9,12,20H,2,10H2,1H3,(H2,16,17,19,21). The molecule has 6 nitrogen and oxygen atoms in total. The highest BCUT2D eigenvalue weighted by atomic mass is 16.3. The summed E-state index contributed by atoms with van der Waals surface area (Å²) in [6.07, 6.45) is 0.655. The topological polar surface area (TPSA) is 87.1 Å². The molecule has 2 rings (SSSR count). The molecule has 1 unspecified atom stereocenters. The largest absolute Gasteiger partial charge is 0.394 e. The first-order valence-electron chi connectivity index (χ1n) is 6.80. The fourth-order valence-electron chi connectivity index (χ4n) is 1.78. The van der Waals surface area contributed by atoms with Gasteiger partial charge >= 0.3 is 6.03 Å². The van der Waals surface area contributed by atoms with Crippen LogP contribution < -0.4 is 10.6 Å². The van der Waals surface area contributed by atoms with E-state index in [1.54, 1.807) is 12.1 Å². The highest BCUT2D eigenvalue weighted by Gasteiger charge is 2.09. The second kappa shape index (κ2) is 7.35. The number of aliphatic hydroxyl groups is 1. The average molecular weight is 286 g/mol. The minimum Gasteiger partial charge on any atom is -0.394 e. The van der Waals surface area contributed by atoms with E-state index < -0.39 is 6.03 Å². The highest BCUT2D eigenvalue weighted by Crippen LogP contribution is 2.16. The summed E-state index contributed by atoms with van der Waals surface area (Å²) in [6, 6.07) is 12.5. The van der Waals surface area contributed by atoms with Gasteiger partial charge in [0, 0.05) is 5.56 Å². The Bertz CT molecular complexity index is 568. The van der Waals surface area contributed by atoms with Crippen molar-refractivity contribution < 1.29 is 9.90 Å². The van der Waals surface area contributed by atoms with E-state index in [9.17, 15) is 4.79 Å². The lowest BCUT2D eigenvalue weighted by Gasteiger charge is -2.14. The predicted molar refractivity (Wildman–Crippen MR) is 80.8 cm³/mol. The quantitative estimate of drug-likeness (QED) is 0.785. The molecule has 0 saturated carbocycles. The van der Waals surface area contributed by atoms with E-state index in [1.807, 2.05) is 37.3 Å². The van der Waals surface area contributed by atoms with Gasteiger partial charge in [-0.3, -0.25) is 5.32 Å². The van der Waals surface area contributed by atoms with Crippen molar-refractivity contribution in [2.75, 3.05) is 11.9 Å². The summed E-state index contributed by atoms with van der Waals surface area (Å²) in [6.45, 7) is 1.79. The van der Waals surface area contributed by atoms with Crippen LogP contribution >= 0.6 is 0 Å². The zero-order chi connectivity index (χ0) is 15.1. The zero-order valence-electron chi connectivity index (χ0n) is 11.8. The van der Waals surface area contributed by atoms with Crippen LogP contribution in [0.5, 0.6) is 0 Å². The van der Waals surface area contributed by atoms with E-state index in [4.69, 9.17) is 5.11 Å². The van der Waals surface area contributed by atoms with Crippen molar-refractivity contribution in [1.29, 1.82) is 0 Å². The maximum atomic E-state index is 11.7. The smallest absolute Gasteiger partial charge is 0.320 e. The van der Waals surface area contributed by atoms with Crippen molar-refractivity contribution in [2.24, 2.45) is 0 Å². The van der Waals surface area contributed by atoms with Crippen LogP contribution in [0.2, 0.25) is 0 Å². The number of anilines is 1. The molecule has 1 heterocycles. The molecule has 0 aliphatic rings. The average Bonchev–Trinajstić information content (AvgIpc) is 2.54. The molecule has 3 N–H and O–H groups in total. The van der Waals surface area contributed by atoms with Crippen LogP contribution in [-0.4, -0.2) is 34.0 Å². The van der Waals surface area contributed by atoms with Gasteiger partial charge in [0.05, 0.1) is 18.3 Å². The van der Waals surface area contributed by atoms with Crippen molar-refractivity contribution >= 4 is 11.8 Å². The van der Waals surface area contributed by atoms with Crippen LogP contribution in [0.4, 0.5) is 10.6 Å². The molecule has 0 radical (unpaired) electrons. The monoisotopic (exact) mass is 286 g/mol. The number of hydrogen-bond donors (Lipinski definition) is 3. The summed E-state index contributed by atoms with van der Waals surface area (Å²) < 4.78 is 0. The first kappa shape index (κ1) is 14.9. The number of nitrogens with one attached hydrogen (secondary N) is 2. The number of benzene rings is 1. The predicted octanol–water partition coefficient (Wildman–Crippen LogP) is 2.04. The molecule has 0 aliphatic heterocycles. The molecule has 21 heavy (non-hydrogen) atoms.